The van der Waals surface area contributed by atoms with Crippen molar-refractivity contribution in [2.45, 2.75) is 6.04 Å². The Hall–Kier alpha value is -3.73. The lowest BCUT2D eigenvalue weighted by atomic mass is 10.1. The molecule has 3 aromatic rings. The lowest BCUT2D eigenvalue weighted by Crippen LogP contribution is -2.38. The van der Waals surface area contributed by atoms with Crippen molar-refractivity contribution < 1.29 is 9.59 Å². The summed E-state index contributed by atoms with van der Waals surface area (Å²) in [6, 6.07) is 26.4. The van der Waals surface area contributed by atoms with Gasteiger partial charge in [0.05, 0.1) is 6.21 Å². The lowest BCUT2D eigenvalue weighted by Gasteiger charge is -2.17. The van der Waals surface area contributed by atoms with Crippen molar-refractivity contribution >= 4 is 18.0 Å². The average Bonchev–Trinajstić information content (AvgIpc) is 2.74. The van der Waals surface area contributed by atoms with Gasteiger partial charge in [0.1, 0.15) is 6.04 Å². The van der Waals surface area contributed by atoms with Crippen LogP contribution < -0.4 is 10.7 Å². The fourth-order valence-electron chi connectivity index (χ4n) is 2.52. The summed E-state index contributed by atoms with van der Waals surface area (Å²) in [4.78, 5) is 25.2. The molecule has 27 heavy (non-hydrogen) atoms. The standard InChI is InChI=1S/C22H19N3O2/c26-21(19-14-8-3-9-15-19)24-20(18-12-6-2-7-13-18)22(27)25-23-16-17-10-4-1-5-11-17/h1-16,20H,(H,24,26)(H,25,27)/b23-16+. The van der Waals surface area contributed by atoms with Crippen molar-refractivity contribution in [1.82, 2.24) is 10.7 Å². The maximum atomic E-state index is 12.7. The number of hydrazone groups is 1. The molecule has 5 nitrogen and oxygen atoms in total. The summed E-state index contributed by atoms with van der Waals surface area (Å²) in [5.41, 5.74) is 4.53. The van der Waals surface area contributed by atoms with E-state index in [4.69, 9.17) is 0 Å². The molecule has 5 heteroatoms. The number of benzene rings is 3. The molecular formula is C22H19N3O2. The molecule has 0 heterocycles. The Morgan fingerprint density at radius 3 is 1.96 bits per heavy atom. The lowest BCUT2D eigenvalue weighted by molar-refractivity contribution is -0.123. The Morgan fingerprint density at radius 1 is 0.778 bits per heavy atom. The van der Waals surface area contributed by atoms with Crippen molar-refractivity contribution in [2.75, 3.05) is 0 Å². The summed E-state index contributed by atoms with van der Waals surface area (Å²) in [6.45, 7) is 0. The van der Waals surface area contributed by atoms with Gasteiger partial charge in [-0.25, -0.2) is 5.43 Å². The molecule has 0 aromatic heterocycles. The van der Waals surface area contributed by atoms with Gasteiger partial charge >= 0.3 is 0 Å². The molecule has 0 bridgehead atoms. The van der Waals surface area contributed by atoms with Crippen molar-refractivity contribution in [3.63, 3.8) is 0 Å². The molecule has 134 valence electrons. The van der Waals surface area contributed by atoms with Crippen LogP contribution in [-0.2, 0) is 4.79 Å². The van der Waals surface area contributed by atoms with Crippen LogP contribution in [-0.4, -0.2) is 18.0 Å². The maximum Gasteiger partial charge on any atom is 0.267 e. The smallest absolute Gasteiger partial charge is 0.267 e. The molecule has 2 N–H and O–H groups in total. The summed E-state index contributed by atoms with van der Waals surface area (Å²) < 4.78 is 0. The molecule has 0 aliphatic carbocycles. The minimum absolute atomic E-state index is 0.327. The van der Waals surface area contributed by atoms with Gasteiger partial charge in [-0.05, 0) is 23.3 Å². The SMILES string of the molecule is O=C(NC(C(=O)N/N=C/c1ccccc1)c1ccccc1)c1ccccc1. The van der Waals surface area contributed by atoms with E-state index in [9.17, 15) is 9.59 Å². The van der Waals surface area contributed by atoms with E-state index in [-0.39, 0.29) is 5.91 Å². The van der Waals surface area contributed by atoms with Gasteiger partial charge in [-0.3, -0.25) is 9.59 Å². The molecule has 3 aromatic carbocycles. The van der Waals surface area contributed by atoms with Crippen molar-refractivity contribution in [3.05, 3.63) is 108 Å². The summed E-state index contributed by atoms with van der Waals surface area (Å²) in [6.07, 6.45) is 1.55. The van der Waals surface area contributed by atoms with Crippen LogP contribution in [0.25, 0.3) is 0 Å². The zero-order valence-electron chi connectivity index (χ0n) is 14.6. The predicted octanol–water partition coefficient (Wildman–Crippen LogP) is 3.31. The topological polar surface area (TPSA) is 70.6 Å². The monoisotopic (exact) mass is 357 g/mol. The van der Waals surface area contributed by atoms with Gasteiger partial charge in [0, 0.05) is 5.56 Å². The second kappa shape index (κ2) is 9.10. The van der Waals surface area contributed by atoms with Crippen LogP contribution in [0.15, 0.2) is 96.1 Å². The highest BCUT2D eigenvalue weighted by atomic mass is 16.2. The van der Waals surface area contributed by atoms with Crippen molar-refractivity contribution in [3.8, 4) is 0 Å². The summed E-state index contributed by atoms with van der Waals surface area (Å²) in [5.74, 6) is -0.746. The third-order valence-electron chi connectivity index (χ3n) is 3.89. The minimum atomic E-state index is -0.855. The molecule has 3 rings (SSSR count). The van der Waals surface area contributed by atoms with Gasteiger partial charge < -0.3 is 5.32 Å². The molecule has 0 fully saturated rings. The van der Waals surface area contributed by atoms with Crippen molar-refractivity contribution in [1.29, 1.82) is 0 Å². The Morgan fingerprint density at radius 2 is 1.33 bits per heavy atom. The molecule has 0 saturated heterocycles. The van der Waals surface area contributed by atoms with Crippen LogP contribution in [0.3, 0.4) is 0 Å². The van der Waals surface area contributed by atoms with Crippen LogP contribution >= 0.6 is 0 Å². The molecule has 0 aliphatic heterocycles. The number of hydrogen-bond acceptors (Lipinski definition) is 3. The molecule has 2 amide bonds. The van der Waals surface area contributed by atoms with Crippen LogP contribution in [0, 0.1) is 0 Å². The van der Waals surface area contributed by atoms with Gasteiger partial charge in [-0.2, -0.15) is 5.10 Å². The fourth-order valence-corrected chi connectivity index (χ4v) is 2.52. The fraction of sp³-hybridized carbons (Fsp3) is 0.0455. The molecule has 0 spiro atoms. The van der Waals surface area contributed by atoms with E-state index in [1.165, 1.54) is 0 Å². The Bertz CT molecular complexity index is 910. The first-order valence-corrected chi connectivity index (χ1v) is 8.53. The second-order valence-electron chi connectivity index (χ2n) is 5.83. The molecule has 0 aliphatic rings. The highest BCUT2D eigenvalue weighted by Crippen LogP contribution is 2.14. The van der Waals surface area contributed by atoms with Crippen LogP contribution in [0.4, 0.5) is 0 Å². The molecule has 1 atom stereocenters. The van der Waals surface area contributed by atoms with Gasteiger partial charge in [0.15, 0.2) is 0 Å². The highest BCUT2D eigenvalue weighted by Gasteiger charge is 2.22. The van der Waals surface area contributed by atoms with Gasteiger partial charge in [0.25, 0.3) is 11.8 Å². The predicted molar refractivity (Wildman–Crippen MR) is 105 cm³/mol. The summed E-state index contributed by atoms with van der Waals surface area (Å²) in [5, 5.41) is 6.77. The minimum Gasteiger partial charge on any atom is -0.336 e. The zero-order valence-corrected chi connectivity index (χ0v) is 14.6. The van der Waals surface area contributed by atoms with E-state index in [1.807, 2.05) is 54.6 Å². The summed E-state index contributed by atoms with van der Waals surface area (Å²) in [7, 11) is 0. The van der Waals surface area contributed by atoms with E-state index in [2.05, 4.69) is 15.8 Å². The molecular weight excluding hydrogens is 338 g/mol. The number of carbonyl (C=O) groups excluding carboxylic acids is 2. The molecule has 1 unspecified atom stereocenters. The first kappa shape index (κ1) is 18.1. The number of nitrogens with zero attached hydrogens (tertiary/aromatic N) is 1. The number of hydrogen-bond donors (Lipinski definition) is 2. The number of amides is 2. The zero-order chi connectivity index (χ0) is 18.9. The Kier molecular flexibility index (Phi) is 6.09. The van der Waals surface area contributed by atoms with Gasteiger partial charge in [-0.1, -0.05) is 78.9 Å². The second-order valence-corrected chi connectivity index (χ2v) is 5.83. The van der Waals surface area contributed by atoms with Gasteiger partial charge in [0.2, 0.25) is 0 Å². The maximum absolute atomic E-state index is 12.7. The largest absolute Gasteiger partial charge is 0.336 e. The van der Waals surface area contributed by atoms with E-state index < -0.39 is 11.9 Å². The number of nitrogens with one attached hydrogen (secondary N) is 2. The van der Waals surface area contributed by atoms with E-state index in [0.29, 0.717) is 11.1 Å². The number of rotatable bonds is 6. The quantitative estimate of drug-likeness (QED) is 0.525. The number of carbonyl (C=O) groups is 2. The first-order chi connectivity index (χ1) is 13.2. The van der Waals surface area contributed by atoms with E-state index >= 15 is 0 Å². The third kappa shape index (κ3) is 5.12. The third-order valence-corrected chi connectivity index (χ3v) is 3.89. The van der Waals surface area contributed by atoms with Gasteiger partial charge in [-0.15, -0.1) is 0 Å². The highest BCUT2D eigenvalue weighted by molar-refractivity contribution is 5.98. The van der Waals surface area contributed by atoms with Crippen molar-refractivity contribution in [2.24, 2.45) is 5.10 Å². The van der Waals surface area contributed by atoms with E-state index in [0.717, 1.165) is 5.56 Å². The van der Waals surface area contributed by atoms with Crippen LogP contribution in [0.2, 0.25) is 0 Å². The Balaban J connectivity index is 1.74. The average molecular weight is 357 g/mol. The first-order valence-electron chi connectivity index (χ1n) is 8.53. The normalized spacial score (nSPS) is 11.7. The summed E-state index contributed by atoms with van der Waals surface area (Å²) >= 11 is 0. The molecule has 0 radical (unpaired) electrons. The van der Waals surface area contributed by atoms with Crippen LogP contribution in [0.5, 0.6) is 0 Å². The molecule has 0 saturated carbocycles. The van der Waals surface area contributed by atoms with Crippen LogP contribution in [0.1, 0.15) is 27.5 Å². The Labute approximate surface area is 157 Å². The van der Waals surface area contributed by atoms with E-state index in [1.54, 1.807) is 42.6 Å².